The van der Waals surface area contributed by atoms with Gasteiger partial charge in [-0.25, -0.2) is 4.98 Å². The average molecular weight is 225 g/mol. The Balaban J connectivity index is 2.61. The number of nitrogens with zero attached hydrogens (tertiary/aromatic N) is 3. The average Bonchev–Trinajstić information content (AvgIpc) is 2.16. The second kappa shape index (κ2) is 5.54. The molecule has 0 aliphatic heterocycles. The van der Waals surface area contributed by atoms with Crippen molar-refractivity contribution in [1.82, 2.24) is 9.88 Å². The zero-order chi connectivity index (χ0) is 11.3. The van der Waals surface area contributed by atoms with Gasteiger partial charge in [-0.15, -0.1) is 0 Å². The van der Waals surface area contributed by atoms with Crippen molar-refractivity contribution in [2.45, 2.75) is 0 Å². The van der Waals surface area contributed by atoms with Gasteiger partial charge in [-0.1, -0.05) is 11.6 Å². The van der Waals surface area contributed by atoms with Gasteiger partial charge in [-0.3, -0.25) is 0 Å². The maximum Gasteiger partial charge on any atom is 0.132 e. The molecule has 5 heteroatoms. The van der Waals surface area contributed by atoms with Crippen LogP contribution in [0, 0.1) is 11.3 Å². The van der Waals surface area contributed by atoms with Gasteiger partial charge in [0, 0.05) is 13.1 Å². The fourth-order valence-electron chi connectivity index (χ4n) is 1.06. The molecule has 0 bridgehead atoms. The summed E-state index contributed by atoms with van der Waals surface area (Å²) >= 11 is 5.76. The Kier molecular flexibility index (Phi) is 4.35. The van der Waals surface area contributed by atoms with Crippen LogP contribution < -0.4 is 5.32 Å². The van der Waals surface area contributed by atoms with Gasteiger partial charge in [-0.2, -0.15) is 5.26 Å². The topological polar surface area (TPSA) is 52.0 Å². The number of halogens is 1. The van der Waals surface area contributed by atoms with E-state index in [4.69, 9.17) is 16.9 Å². The lowest BCUT2D eigenvalue weighted by Crippen LogP contribution is -2.21. The summed E-state index contributed by atoms with van der Waals surface area (Å²) in [7, 11) is 3.99. The van der Waals surface area contributed by atoms with Crippen LogP contribution in [0.5, 0.6) is 0 Å². The number of nitrogens with one attached hydrogen (secondary N) is 1. The van der Waals surface area contributed by atoms with Crippen LogP contribution in [0.2, 0.25) is 5.15 Å². The first kappa shape index (κ1) is 11.8. The number of hydrogen-bond acceptors (Lipinski definition) is 4. The minimum atomic E-state index is 0.335. The second-order valence-electron chi connectivity index (χ2n) is 3.41. The quantitative estimate of drug-likeness (QED) is 0.789. The molecule has 0 fully saturated rings. The van der Waals surface area contributed by atoms with Gasteiger partial charge in [0.15, 0.2) is 0 Å². The number of anilines is 1. The van der Waals surface area contributed by atoms with Crippen molar-refractivity contribution in [1.29, 1.82) is 5.26 Å². The highest BCUT2D eigenvalue weighted by molar-refractivity contribution is 6.29. The van der Waals surface area contributed by atoms with E-state index in [9.17, 15) is 0 Å². The van der Waals surface area contributed by atoms with E-state index in [0.29, 0.717) is 16.5 Å². The van der Waals surface area contributed by atoms with E-state index in [1.807, 2.05) is 20.2 Å². The van der Waals surface area contributed by atoms with Gasteiger partial charge in [0.05, 0.1) is 11.6 Å². The van der Waals surface area contributed by atoms with Gasteiger partial charge in [-0.05, 0) is 26.2 Å². The molecule has 0 aromatic carbocycles. The summed E-state index contributed by atoms with van der Waals surface area (Å²) in [6.07, 6.45) is 0. The Morgan fingerprint density at radius 2 is 2.27 bits per heavy atom. The van der Waals surface area contributed by atoms with Crippen molar-refractivity contribution in [3.8, 4) is 6.07 Å². The lowest BCUT2D eigenvalue weighted by Gasteiger charge is -2.10. The summed E-state index contributed by atoms with van der Waals surface area (Å²) < 4.78 is 0. The van der Waals surface area contributed by atoms with Crippen molar-refractivity contribution in [2.24, 2.45) is 0 Å². The predicted molar refractivity (Wildman–Crippen MR) is 61.0 cm³/mol. The van der Waals surface area contributed by atoms with Crippen LogP contribution >= 0.6 is 11.6 Å². The molecule has 4 nitrogen and oxygen atoms in total. The number of rotatable bonds is 4. The number of nitriles is 1. The molecule has 0 amide bonds. The molecule has 1 aromatic heterocycles. The molecule has 15 heavy (non-hydrogen) atoms. The Morgan fingerprint density at radius 1 is 1.53 bits per heavy atom. The van der Waals surface area contributed by atoms with Crippen molar-refractivity contribution >= 4 is 17.4 Å². The molecule has 0 saturated heterocycles. The highest BCUT2D eigenvalue weighted by Gasteiger charge is 2.00. The maximum atomic E-state index is 8.73. The molecule has 0 aliphatic carbocycles. The van der Waals surface area contributed by atoms with Crippen LogP contribution in [0.1, 0.15) is 5.56 Å². The zero-order valence-corrected chi connectivity index (χ0v) is 9.54. The maximum absolute atomic E-state index is 8.73. The number of pyridine rings is 1. The smallest absolute Gasteiger partial charge is 0.132 e. The SMILES string of the molecule is CN(C)CCNc1cc(C#N)cc(Cl)n1. The van der Waals surface area contributed by atoms with Crippen LogP contribution in [0.3, 0.4) is 0 Å². The van der Waals surface area contributed by atoms with Crippen LogP contribution in [0.25, 0.3) is 0 Å². The van der Waals surface area contributed by atoms with Gasteiger partial charge in [0.25, 0.3) is 0 Å². The van der Waals surface area contributed by atoms with Crippen LogP contribution in [-0.2, 0) is 0 Å². The van der Waals surface area contributed by atoms with Crippen LogP contribution in [-0.4, -0.2) is 37.1 Å². The Morgan fingerprint density at radius 3 is 2.87 bits per heavy atom. The third kappa shape index (κ3) is 4.15. The molecule has 1 N–H and O–H groups in total. The summed E-state index contributed by atoms with van der Waals surface area (Å²) in [6, 6.07) is 5.25. The number of likely N-dealkylation sites (N-methyl/N-ethyl adjacent to an activating group) is 1. The van der Waals surface area contributed by atoms with Crippen molar-refractivity contribution in [2.75, 3.05) is 32.5 Å². The third-order valence-electron chi connectivity index (χ3n) is 1.79. The molecule has 0 atom stereocenters. The summed E-state index contributed by atoms with van der Waals surface area (Å²) in [5.41, 5.74) is 0.516. The predicted octanol–water partition coefficient (Wildman–Crippen LogP) is 1.58. The largest absolute Gasteiger partial charge is 0.369 e. The van der Waals surface area contributed by atoms with Crippen molar-refractivity contribution in [3.63, 3.8) is 0 Å². The van der Waals surface area contributed by atoms with E-state index in [1.54, 1.807) is 12.1 Å². The molecule has 0 unspecified atom stereocenters. The van der Waals surface area contributed by atoms with Crippen LogP contribution in [0.4, 0.5) is 5.82 Å². The minimum absolute atomic E-state index is 0.335. The van der Waals surface area contributed by atoms with Gasteiger partial charge < -0.3 is 10.2 Å². The highest BCUT2D eigenvalue weighted by atomic mass is 35.5. The lowest BCUT2D eigenvalue weighted by atomic mass is 10.3. The molecule has 0 saturated carbocycles. The first-order valence-electron chi connectivity index (χ1n) is 4.58. The van der Waals surface area contributed by atoms with Gasteiger partial charge in [0.1, 0.15) is 11.0 Å². The number of hydrogen-bond donors (Lipinski definition) is 1. The monoisotopic (exact) mass is 224 g/mol. The minimum Gasteiger partial charge on any atom is -0.369 e. The first-order chi connectivity index (χ1) is 7.11. The fraction of sp³-hybridized carbons (Fsp3) is 0.400. The zero-order valence-electron chi connectivity index (χ0n) is 8.79. The standard InChI is InChI=1S/C10H13ClN4/c1-15(2)4-3-13-10-6-8(7-12)5-9(11)14-10/h5-6H,3-4H2,1-2H3,(H,13,14). The molecule has 80 valence electrons. The van der Waals surface area contributed by atoms with Gasteiger partial charge in [0.2, 0.25) is 0 Å². The van der Waals surface area contributed by atoms with Crippen LogP contribution in [0.15, 0.2) is 12.1 Å². The van der Waals surface area contributed by atoms with E-state index in [1.165, 1.54) is 0 Å². The molecule has 0 spiro atoms. The summed E-state index contributed by atoms with van der Waals surface area (Å²) in [4.78, 5) is 6.12. The van der Waals surface area contributed by atoms with Crippen molar-refractivity contribution in [3.05, 3.63) is 22.8 Å². The normalized spacial score (nSPS) is 10.1. The van der Waals surface area contributed by atoms with Crippen molar-refractivity contribution < 1.29 is 0 Å². The van der Waals surface area contributed by atoms with Gasteiger partial charge >= 0.3 is 0 Å². The van der Waals surface area contributed by atoms with E-state index in [-0.39, 0.29) is 0 Å². The van der Waals surface area contributed by atoms with E-state index in [0.717, 1.165) is 13.1 Å². The molecule has 0 aliphatic rings. The lowest BCUT2D eigenvalue weighted by molar-refractivity contribution is 0.425. The molecule has 1 aromatic rings. The van der Waals surface area contributed by atoms with E-state index >= 15 is 0 Å². The summed E-state index contributed by atoms with van der Waals surface area (Å²) in [6.45, 7) is 1.67. The summed E-state index contributed by atoms with van der Waals surface area (Å²) in [5, 5.41) is 12.2. The molecular weight excluding hydrogens is 212 g/mol. The highest BCUT2D eigenvalue weighted by Crippen LogP contribution is 2.13. The number of aromatic nitrogens is 1. The van der Waals surface area contributed by atoms with E-state index in [2.05, 4.69) is 15.2 Å². The van der Waals surface area contributed by atoms with E-state index < -0.39 is 0 Å². The fourth-order valence-corrected chi connectivity index (χ4v) is 1.27. The first-order valence-corrected chi connectivity index (χ1v) is 4.96. The Bertz CT molecular complexity index is 370. The molecule has 1 heterocycles. The molecule has 0 radical (unpaired) electrons. The summed E-state index contributed by atoms with van der Waals surface area (Å²) in [5.74, 6) is 0.640. The Labute approximate surface area is 94.5 Å². The third-order valence-corrected chi connectivity index (χ3v) is 1.98. The molecule has 1 rings (SSSR count). The molecular formula is C10H13ClN4. The Hall–Kier alpha value is -1.31. The second-order valence-corrected chi connectivity index (χ2v) is 3.79.